The molecular formula is C18H16N6S. The standard InChI is InChI=1S/C18H16N6S/c1-2-4-11(5-3-1)13-9-25-18-15(13)17(19-8-14-20-10-21-24-14)22-16(23-18)12-6-7-12/h1-5,9-10,12H,6-8H2,(H,19,22,23)(H,20,21,24). The van der Waals surface area contributed by atoms with Crippen LogP contribution in [0.5, 0.6) is 0 Å². The number of anilines is 1. The highest BCUT2D eigenvalue weighted by molar-refractivity contribution is 7.17. The Kier molecular flexibility index (Phi) is 3.45. The molecule has 124 valence electrons. The van der Waals surface area contributed by atoms with Crippen molar-refractivity contribution in [2.75, 3.05) is 5.32 Å². The van der Waals surface area contributed by atoms with E-state index in [-0.39, 0.29) is 0 Å². The van der Waals surface area contributed by atoms with Gasteiger partial charge >= 0.3 is 0 Å². The van der Waals surface area contributed by atoms with Crippen LogP contribution < -0.4 is 5.32 Å². The fraction of sp³-hybridized carbons (Fsp3) is 0.222. The first kappa shape index (κ1) is 14.5. The molecule has 0 atom stereocenters. The molecule has 0 unspecified atom stereocenters. The fourth-order valence-corrected chi connectivity index (χ4v) is 3.88. The monoisotopic (exact) mass is 348 g/mol. The molecule has 0 radical (unpaired) electrons. The molecule has 0 saturated heterocycles. The summed E-state index contributed by atoms with van der Waals surface area (Å²) >= 11 is 1.68. The van der Waals surface area contributed by atoms with Gasteiger partial charge in [0, 0.05) is 16.9 Å². The van der Waals surface area contributed by atoms with Gasteiger partial charge in [-0.05, 0) is 18.4 Å². The Bertz CT molecular complexity index is 1000. The summed E-state index contributed by atoms with van der Waals surface area (Å²) in [4.78, 5) is 14.9. The van der Waals surface area contributed by atoms with Crippen molar-refractivity contribution in [2.45, 2.75) is 25.3 Å². The molecule has 7 heteroatoms. The van der Waals surface area contributed by atoms with Crippen LogP contribution in [-0.4, -0.2) is 25.1 Å². The summed E-state index contributed by atoms with van der Waals surface area (Å²) < 4.78 is 0. The van der Waals surface area contributed by atoms with E-state index in [0.717, 1.165) is 27.7 Å². The van der Waals surface area contributed by atoms with E-state index in [1.54, 1.807) is 11.3 Å². The van der Waals surface area contributed by atoms with E-state index in [0.29, 0.717) is 12.5 Å². The van der Waals surface area contributed by atoms with Crippen molar-refractivity contribution in [3.8, 4) is 11.1 Å². The molecule has 5 rings (SSSR count). The van der Waals surface area contributed by atoms with Crippen molar-refractivity contribution in [3.05, 3.63) is 53.7 Å². The molecule has 1 saturated carbocycles. The van der Waals surface area contributed by atoms with Gasteiger partial charge in [-0.3, -0.25) is 5.10 Å². The molecule has 25 heavy (non-hydrogen) atoms. The van der Waals surface area contributed by atoms with Crippen molar-refractivity contribution in [1.29, 1.82) is 0 Å². The van der Waals surface area contributed by atoms with Crippen LogP contribution >= 0.6 is 11.3 Å². The van der Waals surface area contributed by atoms with Gasteiger partial charge in [-0.25, -0.2) is 15.0 Å². The third kappa shape index (κ3) is 2.76. The summed E-state index contributed by atoms with van der Waals surface area (Å²) in [5, 5.41) is 13.5. The second kappa shape index (κ2) is 5.93. The minimum atomic E-state index is 0.512. The number of nitrogens with one attached hydrogen (secondary N) is 2. The topological polar surface area (TPSA) is 79.4 Å². The summed E-state index contributed by atoms with van der Waals surface area (Å²) in [6.45, 7) is 0.556. The van der Waals surface area contributed by atoms with E-state index in [1.807, 2.05) is 6.07 Å². The van der Waals surface area contributed by atoms with Crippen molar-refractivity contribution in [1.82, 2.24) is 25.1 Å². The van der Waals surface area contributed by atoms with Crippen LogP contribution in [0.15, 0.2) is 42.0 Å². The van der Waals surface area contributed by atoms with Crippen LogP contribution in [0.4, 0.5) is 5.82 Å². The lowest BCUT2D eigenvalue weighted by Gasteiger charge is -2.09. The highest BCUT2D eigenvalue weighted by Gasteiger charge is 2.28. The first-order chi connectivity index (χ1) is 12.4. The van der Waals surface area contributed by atoms with Gasteiger partial charge in [-0.2, -0.15) is 5.10 Å². The van der Waals surface area contributed by atoms with Gasteiger partial charge in [0.2, 0.25) is 0 Å². The largest absolute Gasteiger partial charge is 0.362 e. The third-order valence-electron chi connectivity index (χ3n) is 4.37. The van der Waals surface area contributed by atoms with Gasteiger partial charge in [0.25, 0.3) is 0 Å². The summed E-state index contributed by atoms with van der Waals surface area (Å²) in [6.07, 6.45) is 3.89. The summed E-state index contributed by atoms with van der Waals surface area (Å²) in [7, 11) is 0. The van der Waals surface area contributed by atoms with Gasteiger partial charge < -0.3 is 5.32 Å². The van der Waals surface area contributed by atoms with Crippen LogP contribution in [0.1, 0.15) is 30.4 Å². The van der Waals surface area contributed by atoms with Crippen molar-refractivity contribution >= 4 is 27.4 Å². The quantitative estimate of drug-likeness (QED) is 0.570. The Hall–Kier alpha value is -2.80. The molecule has 4 aromatic rings. The molecule has 2 N–H and O–H groups in total. The van der Waals surface area contributed by atoms with Crippen LogP contribution in [0.3, 0.4) is 0 Å². The Balaban J connectivity index is 1.62. The molecule has 0 aliphatic heterocycles. The van der Waals surface area contributed by atoms with Crippen molar-refractivity contribution in [3.63, 3.8) is 0 Å². The fourth-order valence-electron chi connectivity index (χ4n) is 2.92. The number of thiophene rings is 1. The summed E-state index contributed by atoms with van der Waals surface area (Å²) in [5.41, 5.74) is 2.35. The average molecular weight is 348 g/mol. The molecule has 1 aromatic carbocycles. The number of aromatic amines is 1. The predicted molar refractivity (Wildman–Crippen MR) is 98.5 cm³/mol. The van der Waals surface area contributed by atoms with Gasteiger partial charge in [0.15, 0.2) is 0 Å². The second-order valence-corrected chi connectivity index (χ2v) is 7.04. The average Bonchev–Trinajstić information content (AvgIpc) is 3.21. The molecule has 1 fully saturated rings. The number of benzene rings is 1. The van der Waals surface area contributed by atoms with Gasteiger partial charge in [-0.15, -0.1) is 11.3 Å². The smallest absolute Gasteiger partial charge is 0.143 e. The first-order valence-electron chi connectivity index (χ1n) is 8.31. The zero-order chi connectivity index (χ0) is 16.6. The van der Waals surface area contributed by atoms with Crippen LogP contribution in [-0.2, 0) is 6.54 Å². The Labute approximate surface area is 148 Å². The highest BCUT2D eigenvalue weighted by Crippen LogP contribution is 2.42. The number of fused-ring (bicyclic) bond motifs is 1. The zero-order valence-electron chi connectivity index (χ0n) is 13.4. The van der Waals surface area contributed by atoms with Crippen molar-refractivity contribution in [2.24, 2.45) is 0 Å². The van der Waals surface area contributed by atoms with Crippen LogP contribution in [0.25, 0.3) is 21.3 Å². The van der Waals surface area contributed by atoms with Gasteiger partial charge in [0.1, 0.15) is 28.6 Å². The Morgan fingerprint density at radius 1 is 1.16 bits per heavy atom. The Morgan fingerprint density at radius 2 is 2.04 bits per heavy atom. The third-order valence-corrected chi connectivity index (χ3v) is 5.24. The molecule has 0 bridgehead atoms. The molecule has 3 heterocycles. The Morgan fingerprint density at radius 3 is 2.80 bits per heavy atom. The van der Waals surface area contributed by atoms with E-state index in [4.69, 9.17) is 9.97 Å². The zero-order valence-corrected chi connectivity index (χ0v) is 14.3. The number of hydrogen-bond acceptors (Lipinski definition) is 6. The molecule has 3 aromatic heterocycles. The molecule has 0 spiro atoms. The number of hydrogen-bond donors (Lipinski definition) is 2. The lowest BCUT2D eigenvalue weighted by Crippen LogP contribution is -2.06. The van der Waals surface area contributed by atoms with Crippen LogP contribution in [0, 0.1) is 0 Å². The van der Waals surface area contributed by atoms with E-state index < -0.39 is 0 Å². The highest BCUT2D eigenvalue weighted by atomic mass is 32.1. The summed E-state index contributed by atoms with van der Waals surface area (Å²) in [5.74, 6) is 3.13. The van der Waals surface area contributed by atoms with E-state index in [1.165, 1.54) is 30.3 Å². The van der Waals surface area contributed by atoms with E-state index in [9.17, 15) is 0 Å². The molecule has 1 aliphatic carbocycles. The number of rotatable bonds is 5. The number of H-pyrrole nitrogens is 1. The maximum Gasteiger partial charge on any atom is 0.143 e. The minimum absolute atomic E-state index is 0.512. The molecular weight excluding hydrogens is 332 g/mol. The minimum Gasteiger partial charge on any atom is -0.362 e. The lowest BCUT2D eigenvalue weighted by atomic mass is 10.1. The normalized spacial score (nSPS) is 14.1. The molecule has 1 aliphatic rings. The molecule has 0 amide bonds. The SMILES string of the molecule is c1ccc(-c2csc3nc(C4CC4)nc(NCc4ncn[nH]4)c23)cc1. The van der Waals surface area contributed by atoms with Crippen LogP contribution in [0.2, 0.25) is 0 Å². The molecule has 6 nitrogen and oxygen atoms in total. The second-order valence-electron chi connectivity index (χ2n) is 6.19. The van der Waals surface area contributed by atoms with Gasteiger partial charge in [0.05, 0.1) is 11.9 Å². The summed E-state index contributed by atoms with van der Waals surface area (Å²) in [6, 6.07) is 10.4. The lowest BCUT2D eigenvalue weighted by molar-refractivity contribution is 0.921. The van der Waals surface area contributed by atoms with E-state index >= 15 is 0 Å². The van der Waals surface area contributed by atoms with Crippen molar-refractivity contribution < 1.29 is 0 Å². The number of nitrogens with zero attached hydrogens (tertiary/aromatic N) is 4. The van der Waals surface area contributed by atoms with E-state index in [2.05, 4.69) is 50.1 Å². The maximum atomic E-state index is 4.84. The predicted octanol–water partition coefficient (Wildman–Crippen LogP) is 3.97. The maximum absolute atomic E-state index is 4.84. The van der Waals surface area contributed by atoms with Gasteiger partial charge in [-0.1, -0.05) is 30.3 Å². The number of aromatic nitrogens is 5. The first-order valence-corrected chi connectivity index (χ1v) is 9.19.